The van der Waals surface area contributed by atoms with Crippen LogP contribution in [-0.2, 0) is 37.8 Å². The van der Waals surface area contributed by atoms with Crippen molar-refractivity contribution < 1.29 is 115 Å². The quantitative estimate of drug-likeness (QED) is 0.235. The molecule has 0 rings (SSSR count). The van der Waals surface area contributed by atoms with E-state index in [0.717, 1.165) is 0 Å². The fourth-order valence-corrected chi connectivity index (χ4v) is 1.76. The van der Waals surface area contributed by atoms with Crippen LogP contribution in [0.4, 0.5) is 74.6 Å². The molecule has 30 heavy (non-hydrogen) atoms. The van der Waals surface area contributed by atoms with Gasteiger partial charge in [0.05, 0.1) is 0 Å². The molecule has 0 saturated heterocycles. The molecule has 1 N–H and O–H groups in total. The van der Waals surface area contributed by atoms with Gasteiger partial charge in [-0.25, -0.2) is 0 Å². The van der Waals surface area contributed by atoms with Crippen molar-refractivity contribution in [1.82, 2.24) is 0 Å². The van der Waals surface area contributed by atoms with Crippen LogP contribution in [0.2, 0.25) is 0 Å². The van der Waals surface area contributed by atoms with Crippen LogP contribution >= 0.6 is 0 Å². The van der Waals surface area contributed by atoms with E-state index < -0.39 is 57.1 Å². The van der Waals surface area contributed by atoms with Crippen molar-refractivity contribution in [3.05, 3.63) is 0 Å². The maximum atomic E-state index is 13.0. The van der Waals surface area contributed by atoms with Crippen molar-refractivity contribution in [2.24, 2.45) is 0 Å². The number of rotatable bonds is 7. The summed E-state index contributed by atoms with van der Waals surface area (Å²) < 4.78 is 242. The fourth-order valence-electron chi connectivity index (χ4n) is 1.31. The van der Waals surface area contributed by atoms with Gasteiger partial charge in [0.1, 0.15) is 0 Å². The van der Waals surface area contributed by atoms with Gasteiger partial charge in [0, 0.05) is 27.7 Å². The second-order valence-corrected chi connectivity index (χ2v) is 6.40. The zero-order valence-corrected chi connectivity index (χ0v) is 19.1. The van der Waals surface area contributed by atoms with Gasteiger partial charge in [-0.3, -0.25) is 4.55 Å². The largest absolute Gasteiger partial charge is 0.460 e. The second kappa shape index (κ2) is 7.61. The van der Waals surface area contributed by atoms with Crippen LogP contribution in [0, 0.1) is 0 Å². The summed E-state index contributed by atoms with van der Waals surface area (Å²) >= 11 is 0. The van der Waals surface area contributed by atoms with Crippen LogP contribution in [0.15, 0.2) is 0 Å². The predicted molar refractivity (Wildman–Crippen MR) is 52.2 cm³/mol. The molecule has 0 aromatic rings. The Hall–Kier alpha value is -0.345. The van der Waals surface area contributed by atoms with Crippen LogP contribution in [0.1, 0.15) is 0 Å². The summed E-state index contributed by atoms with van der Waals surface area (Å²) in [6, 6.07) is 0. The van der Waals surface area contributed by atoms with Gasteiger partial charge in [-0.15, -0.1) is 0 Å². The third-order valence-electron chi connectivity index (χ3n) is 3.02. The minimum atomic E-state index is -8.89. The Morgan fingerprint density at radius 3 is 0.833 bits per heavy atom. The molecule has 0 bridgehead atoms. The topological polar surface area (TPSA) is 54.4 Å². The van der Waals surface area contributed by atoms with E-state index in [9.17, 15) is 83.1 Å². The maximum Gasteiger partial charge on any atom is 0.460 e. The van der Waals surface area contributed by atoms with Gasteiger partial charge in [0.2, 0.25) is 0 Å². The molecule has 22 heteroatoms. The van der Waals surface area contributed by atoms with E-state index >= 15 is 0 Å². The smallest absolute Gasteiger partial charge is 0.281 e. The van der Waals surface area contributed by atoms with Crippen molar-refractivity contribution in [3.8, 4) is 0 Å². The number of hydrogen-bond acceptors (Lipinski definition) is 2. The molecule has 0 aliphatic carbocycles. The van der Waals surface area contributed by atoms with Gasteiger partial charge in [-0.1, -0.05) is 0 Å². The summed E-state index contributed by atoms with van der Waals surface area (Å²) in [4.78, 5) is 0. The Morgan fingerprint density at radius 2 is 0.633 bits per heavy atom. The normalized spacial score (nSPS) is 16.3. The molecule has 0 saturated carbocycles. The molecule has 0 unspecified atom stereocenters. The van der Waals surface area contributed by atoms with Crippen molar-refractivity contribution in [1.29, 1.82) is 0 Å². The molecule has 0 aromatic carbocycles. The number of alkyl halides is 17. The van der Waals surface area contributed by atoms with Gasteiger partial charge in [0.25, 0.3) is 0 Å². The minimum absolute atomic E-state index is 0. The van der Waals surface area contributed by atoms with Gasteiger partial charge >= 0.3 is 57.1 Å². The van der Waals surface area contributed by atoms with Gasteiger partial charge < -0.3 is 0 Å². The molecule has 0 fully saturated rings. The average molecular weight is 701 g/mol. The molecule has 0 spiro atoms. The standard InChI is InChI=1S/C8HF17O3S.Hg/c9-1(10,3(13,14)5(17,18)7(21,22)23)2(11,12)4(15,16)6(19,20)8(24,25)29(26,27)28;/h(H,26,27,28);. The number of halogens is 17. The van der Waals surface area contributed by atoms with Crippen molar-refractivity contribution >= 4 is 10.1 Å². The van der Waals surface area contributed by atoms with E-state index in [1.165, 1.54) is 0 Å². The average Bonchev–Trinajstić information content (AvgIpc) is 2.43. The third-order valence-corrected chi connectivity index (χ3v) is 3.92. The Morgan fingerprint density at radius 1 is 0.433 bits per heavy atom. The molecule has 3 nitrogen and oxygen atoms in total. The summed E-state index contributed by atoms with van der Waals surface area (Å²) in [5.41, 5.74) is 0. The van der Waals surface area contributed by atoms with Crippen molar-refractivity contribution in [3.63, 3.8) is 0 Å². The van der Waals surface area contributed by atoms with Crippen LogP contribution in [0.3, 0.4) is 0 Å². The summed E-state index contributed by atoms with van der Waals surface area (Å²) in [6.07, 6.45) is -7.88. The first kappa shape index (κ1) is 31.8. The van der Waals surface area contributed by atoms with Crippen LogP contribution in [-0.4, -0.2) is 59.9 Å². The van der Waals surface area contributed by atoms with E-state index in [1.54, 1.807) is 0 Å². The molecule has 0 aromatic heterocycles. The minimum Gasteiger partial charge on any atom is -0.281 e. The van der Waals surface area contributed by atoms with Crippen molar-refractivity contribution in [2.45, 2.75) is 47.0 Å². The molecule has 0 aliphatic heterocycles. The predicted octanol–water partition coefficient (Wildman–Crippen LogP) is 4.84. The molecular formula is C8HF17HgO3S. The van der Waals surface area contributed by atoms with Crippen LogP contribution < -0.4 is 0 Å². The van der Waals surface area contributed by atoms with Gasteiger partial charge in [-0.2, -0.15) is 83.1 Å². The van der Waals surface area contributed by atoms with E-state index in [-0.39, 0.29) is 27.7 Å². The summed E-state index contributed by atoms with van der Waals surface area (Å²) in [6.45, 7) is 0. The molecular weight excluding hydrogens is 700 g/mol. The molecule has 0 atom stereocenters. The monoisotopic (exact) mass is 702 g/mol. The Balaban J connectivity index is 0. The molecule has 0 radical (unpaired) electrons. The molecule has 0 amide bonds. The van der Waals surface area contributed by atoms with Crippen LogP contribution in [0.5, 0.6) is 0 Å². The van der Waals surface area contributed by atoms with E-state index in [4.69, 9.17) is 4.55 Å². The summed E-state index contributed by atoms with van der Waals surface area (Å²) in [5.74, 6) is -52.0. The first-order valence-corrected chi connectivity index (χ1v) is 7.12. The zero-order chi connectivity index (χ0) is 24.5. The second-order valence-electron chi connectivity index (χ2n) is 4.94. The first-order valence-electron chi connectivity index (χ1n) is 5.68. The molecule has 178 valence electrons. The van der Waals surface area contributed by atoms with Gasteiger partial charge in [-0.05, 0) is 0 Å². The van der Waals surface area contributed by atoms with E-state index in [2.05, 4.69) is 0 Å². The van der Waals surface area contributed by atoms with Gasteiger partial charge in [0.15, 0.2) is 0 Å². The maximum absolute atomic E-state index is 13.0. The molecule has 0 heterocycles. The SMILES string of the molecule is O=S(=O)(O)C(F)(F)C(F)(F)C(F)(F)C(F)(F)C(F)(F)C(F)(F)C(F)(F)C(F)(F)F.[Hg]. The van der Waals surface area contributed by atoms with Crippen LogP contribution in [0.25, 0.3) is 0 Å². The number of hydrogen-bond donors (Lipinski definition) is 1. The Kier molecular flexibility index (Phi) is 8.08. The Bertz CT molecular complexity index is 739. The summed E-state index contributed by atoms with van der Waals surface area (Å²) in [5, 5.41) is -7.84. The van der Waals surface area contributed by atoms with E-state index in [0.29, 0.717) is 0 Å². The summed E-state index contributed by atoms with van der Waals surface area (Å²) in [7, 11) is -7.89. The Labute approximate surface area is 172 Å². The van der Waals surface area contributed by atoms with E-state index in [1.807, 2.05) is 0 Å². The van der Waals surface area contributed by atoms with Crippen molar-refractivity contribution in [2.75, 3.05) is 0 Å². The molecule has 0 aliphatic rings. The fraction of sp³-hybridized carbons (Fsp3) is 1.00. The first-order chi connectivity index (χ1) is 12.0. The third kappa shape index (κ3) is 3.83. The zero-order valence-electron chi connectivity index (χ0n) is 12.8.